The summed E-state index contributed by atoms with van der Waals surface area (Å²) in [5.41, 5.74) is 0. The van der Waals surface area contributed by atoms with E-state index in [1.165, 1.54) is 11.0 Å². The monoisotopic (exact) mass is 414 g/mol. The molecule has 2 N–H and O–H groups in total. The highest BCUT2D eigenvalue weighted by Gasteiger charge is 2.43. The maximum Gasteiger partial charge on any atom is 0.326 e. The predicted octanol–water partition coefficient (Wildman–Crippen LogP) is 1.24. The molecule has 1 aliphatic rings. The number of aromatic nitrogens is 1. The van der Waals surface area contributed by atoms with Crippen molar-refractivity contribution in [3.05, 3.63) is 11.8 Å². The van der Waals surface area contributed by atoms with Crippen molar-refractivity contribution in [2.24, 2.45) is 5.92 Å². The molecule has 1 aromatic rings. The summed E-state index contributed by atoms with van der Waals surface area (Å²) in [7, 11) is 0. The van der Waals surface area contributed by atoms with Crippen LogP contribution < -0.4 is 4.74 Å². The maximum atomic E-state index is 13.1. The number of rotatable bonds is 11. The van der Waals surface area contributed by atoms with Crippen molar-refractivity contribution in [3.8, 4) is 5.88 Å². The van der Waals surface area contributed by atoms with E-state index < -0.39 is 36.2 Å². The van der Waals surface area contributed by atoms with Gasteiger partial charge in [0.1, 0.15) is 18.6 Å². The molecule has 2 rings (SSSR count). The third kappa shape index (κ3) is 5.91. The minimum absolute atomic E-state index is 0.00685. The average molecular weight is 414 g/mol. The zero-order valence-electron chi connectivity index (χ0n) is 17.2. The third-order valence-electron chi connectivity index (χ3n) is 4.67. The number of hydrogen-bond donors (Lipinski definition) is 2. The Labute approximate surface area is 169 Å². The first-order valence-corrected chi connectivity index (χ1v) is 9.82. The van der Waals surface area contributed by atoms with Gasteiger partial charge in [0.25, 0.3) is 5.88 Å². The number of aliphatic hydroxyl groups is 1. The summed E-state index contributed by atoms with van der Waals surface area (Å²) >= 11 is 0. The van der Waals surface area contributed by atoms with Crippen LogP contribution in [0.25, 0.3) is 0 Å². The zero-order chi connectivity index (χ0) is 21.6. The van der Waals surface area contributed by atoms with E-state index in [9.17, 15) is 19.8 Å². The Morgan fingerprint density at radius 3 is 2.52 bits per heavy atom. The minimum atomic E-state index is -1.14. The van der Waals surface area contributed by atoms with Crippen LogP contribution in [0.2, 0.25) is 0 Å². The second kappa shape index (κ2) is 10.6. The van der Waals surface area contributed by atoms with Gasteiger partial charge in [-0.25, -0.2) is 4.79 Å². The standard InChI is InChI=1S/C19H30N2O8/c1-5-26-16(27-6-2)10-28-15-8-14(29-20-15)17(11(3)4)18(23)21-9-12(22)7-13(21)19(24)25/h8,11-13,16-17,22H,5-7,9-10H2,1-4H3,(H,24,25). The largest absolute Gasteiger partial charge is 0.480 e. The van der Waals surface area contributed by atoms with Crippen molar-refractivity contribution in [1.29, 1.82) is 0 Å². The van der Waals surface area contributed by atoms with E-state index in [0.29, 0.717) is 13.2 Å². The quantitative estimate of drug-likeness (QED) is 0.513. The number of likely N-dealkylation sites (tertiary alicyclic amines) is 1. The van der Waals surface area contributed by atoms with E-state index in [1.54, 1.807) is 0 Å². The summed E-state index contributed by atoms with van der Waals surface area (Å²) in [5, 5.41) is 23.1. The van der Waals surface area contributed by atoms with Crippen LogP contribution in [-0.4, -0.2) is 76.9 Å². The summed E-state index contributed by atoms with van der Waals surface area (Å²) in [4.78, 5) is 25.7. The molecule has 1 aromatic heterocycles. The number of nitrogens with zero attached hydrogens (tertiary/aromatic N) is 2. The Bertz CT molecular complexity index is 671. The number of aliphatic hydroxyl groups excluding tert-OH is 1. The van der Waals surface area contributed by atoms with Gasteiger partial charge >= 0.3 is 5.97 Å². The molecule has 2 heterocycles. The molecule has 0 radical (unpaired) electrons. The number of β-amino-alcohol motifs (C(OH)–C–C–N with tert-alkyl or cyclic N) is 1. The van der Waals surface area contributed by atoms with Gasteiger partial charge in [0.2, 0.25) is 5.91 Å². The van der Waals surface area contributed by atoms with Gasteiger partial charge in [0, 0.05) is 32.2 Å². The van der Waals surface area contributed by atoms with Crippen molar-refractivity contribution in [2.75, 3.05) is 26.4 Å². The molecule has 164 valence electrons. The first-order chi connectivity index (χ1) is 13.8. The lowest BCUT2D eigenvalue weighted by Gasteiger charge is -2.27. The number of carboxylic acid groups (broad SMARTS) is 1. The van der Waals surface area contributed by atoms with Crippen LogP contribution in [-0.2, 0) is 19.1 Å². The molecule has 0 saturated carbocycles. The topological polar surface area (TPSA) is 132 Å². The molecule has 1 saturated heterocycles. The molecule has 3 atom stereocenters. The number of amides is 1. The van der Waals surface area contributed by atoms with Crippen LogP contribution in [0.5, 0.6) is 5.88 Å². The predicted molar refractivity (Wildman–Crippen MR) is 100 cm³/mol. The maximum absolute atomic E-state index is 13.1. The van der Waals surface area contributed by atoms with E-state index in [2.05, 4.69) is 5.16 Å². The minimum Gasteiger partial charge on any atom is -0.480 e. The molecule has 1 aliphatic heterocycles. The molecule has 10 nitrogen and oxygen atoms in total. The van der Waals surface area contributed by atoms with Crippen molar-refractivity contribution in [3.63, 3.8) is 0 Å². The lowest BCUT2D eigenvalue weighted by Crippen LogP contribution is -2.44. The van der Waals surface area contributed by atoms with Crippen LogP contribution in [0.15, 0.2) is 10.6 Å². The molecule has 3 unspecified atom stereocenters. The summed E-state index contributed by atoms with van der Waals surface area (Å²) in [5.74, 6) is -2.05. The van der Waals surface area contributed by atoms with Crippen molar-refractivity contribution in [1.82, 2.24) is 10.1 Å². The fourth-order valence-corrected chi connectivity index (χ4v) is 3.36. The first-order valence-electron chi connectivity index (χ1n) is 9.82. The molecule has 29 heavy (non-hydrogen) atoms. The van der Waals surface area contributed by atoms with Crippen LogP contribution in [0, 0.1) is 5.92 Å². The number of carboxylic acids is 1. The summed E-state index contributed by atoms with van der Waals surface area (Å²) < 4.78 is 21.7. The third-order valence-corrected chi connectivity index (χ3v) is 4.67. The van der Waals surface area contributed by atoms with Crippen LogP contribution in [0.1, 0.15) is 45.8 Å². The summed E-state index contributed by atoms with van der Waals surface area (Å²) in [6.07, 6.45) is -1.40. The van der Waals surface area contributed by atoms with Gasteiger partial charge in [0.15, 0.2) is 12.1 Å². The highest BCUT2D eigenvalue weighted by molar-refractivity contribution is 5.88. The van der Waals surface area contributed by atoms with E-state index in [1.807, 2.05) is 27.7 Å². The second-order valence-corrected chi connectivity index (χ2v) is 7.17. The van der Waals surface area contributed by atoms with Gasteiger partial charge < -0.3 is 33.8 Å². The molecular weight excluding hydrogens is 384 g/mol. The number of aliphatic carboxylic acids is 1. The van der Waals surface area contributed by atoms with E-state index in [-0.39, 0.29) is 37.1 Å². The highest BCUT2D eigenvalue weighted by Crippen LogP contribution is 2.32. The summed E-state index contributed by atoms with van der Waals surface area (Å²) in [6, 6.07) is 0.454. The van der Waals surface area contributed by atoms with Gasteiger partial charge in [-0.15, -0.1) is 0 Å². The van der Waals surface area contributed by atoms with Crippen molar-refractivity contribution < 1.29 is 38.5 Å². The second-order valence-electron chi connectivity index (χ2n) is 7.17. The number of carbonyl (C=O) groups excluding carboxylic acids is 1. The van der Waals surface area contributed by atoms with Crippen LogP contribution >= 0.6 is 0 Å². The molecule has 0 spiro atoms. The van der Waals surface area contributed by atoms with E-state index >= 15 is 0 Å². The van der Waals surface area contributed by atoms with E-state index in [0.717, 1.165) is 0 Å². The normalized spacial score (nSPS) is 20.4. The number of carbonyl (C=O) groups is 2. The lowest BCUT2D eigenvalue weighted by molar-refractivity contribution is -0.153. The van der Waals surface area contributed by atoms with Gasteiger partial charge in [-0.3, -0.25) is 4.79 Å². The molecule has 0 aliphatic carbocycles. The van der Waals surface area contributed by atoms with Gasteiger partial charge in [-0.05, 0) is 24.9 Å². The average Bonchev–Trinajstić information content (AvgIpc) is 3.26. The smallest absolute Gasteiger partial charge is 0.326 e. The first kappa shape index (κ1) is 23.1. The van der Waals surface area contributed by atoms with Gasteiger partial charge in [0.05, 0.1) is 6.10 Å². The van der Waals surface area contributed by atoms with Crippen LogP contribution in [0.3, 0.4) is 0 Å². The molecule has 1 amide bonds. The van der Waals surface area contributed by atoms with E-state index in [4.69, 9.17) is 18.7 Å². The molecule has 1 fully saturated rings. The van der Waals surface area contributed by atoms with Crippen molar-refractivity contribution in [2.45, 2.75) is 58.5 Å². The zero-order valence-corrected chi connectivity index (χ0v) is 17.2. The number of ether oxygens (including phenoxy) is 3. The molecular formula is C19H30N2O8. The van der Waals surface area contributed by atoms with Crippen molar-refractivity contribution >= 4 is 11.9 Å². The SMILES string of the molecule is CCOC(COc1cc(C(C(=O)N2CC(O)CC2C(=O)O)C(C)C)on1)OCC. The molecule has 10 heteroatoms. The van der Waals surface area contributed by atoms with Gasteiger partial charge in [-0.1, -0.05) is 13.8 Å². The fourth-order valence-electron chi connectivity index (χ4n) is 3.36. The Balaban J connectivity index is 2.11. The lowest BCUT2D eigenvalue weighted by atomic mass is 9.91. The Kier molecular flexibility index (Phi) is 8.42. The van der Waals surface area contributed by atoms with Gasteiger partial charge in [-0.2, -0.15) is 0 Å². The highest BCUT2D eigenvalue weighted by atomic mass is 16.7. The fraction of sp³-hybridized carbons (Fsp3) is 0.737. The number of hydrogen-bond acceptors (Lipinski definition) is 8. The summed E-state index contributed by atoms with van der Waals surface area (Å²) in [6.45, 7) is 8.36. The Morgan fingerprint density at radius 1 is 1.31 bits per heavy atom. The Hall–Kier alpha value is -2.17. The Morgan fingerprint density at radius 2 is 1.97 bits per heavy atom. The molecule has 0 bridgehead atoms. The van der Waals surface area contributed by atoms with Crippen LogP contribution in [0.4, 0.5) is 0 Å². The molecule has 0 aromatic carbocycles.